The van der Waals surface area contributed by atoms with Gasteiger partial charge in [-0.2, -0.15) is 0 Å². The van der Waals surface area contributed by atoms with Crippen molar-refractivity contribution >= 4 is 38.8 Å². The van der Waals surface area contributed by atoms with E-state index in [0.29, 0.717) is 0 Å². The molecule has 1 spiro atoms. The highest BCUT2D eigenvalue weighted by Gasteiger charge is 2.48. The Morgan fingerprint density at radius 2 is 2.05 bits per heavy atom. The smallest absolute Gasteiger partial charge is 0.242 e. The molecule has 0 radical (unpaired) electrons. The first-order chi connectivity index (χ1) is 9.61. The molecule has 3 nitrogen and oxygen atoms in total. The summed E-state index contributed by atoms with van der Waals surface area (Å²) in [5, 5.41) is 3.74. The number of benzene rings is 1. The Morgan fingerprint density at radius 3 is 2.75 bits per heavy atom. The van der Waals surface area contributed by atoms with E-state index in [4.69, 9.17) is 4.99 Å². The number of amides is 1. The van der Waals surface area contributed by atoms with Crippen molar-refractivity contribution in [2.24, 2.45) is 4.99 Å². The van der Waals surface area contributed by atoms with Gasteiger partial charge >= 0.3 is 0 Å². The highest BCUT2D eigenvalue weighted by Crippen LogP contribution is 2.45. The molecule has 1 aromatic rings. The number of carbonyl (C=O) groups excluding carboxylic acids is 1. The van der Waals surface area contributed by atoms with Gasteiger partial charge in [0.25, 0.3) is 0 Å². The molecule has 106 valence electrons. The zero-order chi connectivity index (χ0) is 14.2. The maximum atomic E-state index is 12.2. The number of thioether (sulfide) groups is 1. The number of rotatable bonds is 2. The number of amidine groups is 1. The zero-order valence-electron chi connectivity index (χ0n) is 11.4. The minimum atomic E-state index is -0.230. The fraction of sp³-hybridized carbons (Fsp3) is 0.467. The second-order valence-electron chi connectivity index (χ2n) is 5.39. The summed E-state index contributed by atoms with van der Waals surface area (Å²) in [5.41, 5.74) is 1.14. The molecule has 0 unspecified atom stereocenters. The lowest BCUT2D eigenvalue weighted by Crippen LogP contribution is -2.33. The Bertz CT molecular complexity index is 567. The van der Waals surface area contributed by atoms with E-state index >= 15 is 0 Å². The molecule has 1 N–H and O–H groups in total. The predicted molar refractivity (Wildman–Crippen MR) is 86.9 cm³/mol. The monoisotopic (exact) mass is 352 g/mol. The van der Waals surface area contributed by atoms with E-state index in [9.17, 15) is 4.79 Å². The first-order valence-corrected chi connectivity index (χ1v) is 8.54. The van der Waals surface area contributed by atoms with E-state index in [1.165, 1.54) is 0 Å². The summed E-state index contributed by atoms with van der Waals surface area (Å²) in [4.78, 5) is 16.9. The van der Waals surface area contributed by atoms with Gasteiger partial charge in [-0.1, -0.05) is 58.7 Å². The quantitative estimate of drug-likeness (QED) is 0.872. The average Bonchev–Trinajstić information content (AvgIpc) is 2.99. The van der Waals surface area contributed by atoms with Crippen molar-refractivity contribution in [2.75, 3.05) is 0 Å². The van der Waals surface area contributed by atoms with Crippen LogP contribution in [0.1, 0.15) is 44.2 Å². The molecule has 1 aliphatic heterocycles. The van der Waals surface area contributed by atoms with Gasteiger partial charge in [-0.3, -0.25) is 9.79 Å². The van der Waals surface area contributed by atoms with Crippen LogP contribution in [0.25, 0.3) is 0 Å². The Balaban J connectivity index is 1.80. The van der Waals surface area contributed by atoms with Crippen molar-refractivity contribution in [3.8, 4) is 0 Å². The summed E-state index contributed by atoms with van der Waals surface area (Å²) in [7, 11) is 0. The number of hydrogen-bond donors (Lipinski definition) is 1. The van der Waals surface area contributed by atoms with Gasteiger partial charge < -0.3 is 5.32 Å². The Morgan fingerprint density at radius 1 is 1.35 bits per heavy atom. The molecule has 20 heavy (non-hydrogen) atoms. The van der Waals surface area contributed by atoms with Crippen LogP contribution in [0.2, 0.25) is 0 Å². The second kappa shape index (κ2) is 5.53. The van der Waals surface area contributed by atoms with Crippen molar-refractivity contribution in [1.82, 2.24) is 5.32 Å². The molecule has 5 heteroatoms. The number of hydrogen-bond acceptors (Lipinski definition) is 3. The molecule has 1 aliphatic carbocycles. The molecule has 2 fully saturated rings. The lowest BCUT2D eigenvalue weighted by molar-refractivity contribution is -0.121. The van der Waals surface area contributed by atoms with E-state index in [1.807, 2.05) is 18.2 Å². The predicted octanol–water partition coefficient (Wildman–Crippen LogP) is 4.04. The third-order valence-corrected chi connectivity index (χ3v) is 6.11. The molecule has 1 amide bonds. The summed E-state index contributed by atoms with van der Waals surface area (Å²) in [6.45, 7) is 2.06. The van der Waals surface area contributed by atoms with E-state index in [-0.39, 0.29) is 16.7 Å². The topological polar surface area (TPSA) is 41.5 Å². The maximum Gasteiger partial charge on any atom is 0.242 e. The summed E-state index contributed by atoms with van der Waals surface area (Å²) < 4.78 is 0.827. The SMILES string of the molecule is C[C@H](N=C1NC(=O)C2(CCCC2)S1)c1ccccc1Br. The molecule has 0 aromatic heterocycles. The minimum Gasteiger partial charge on any atom is -0.304 e. The van der Waals surface area contributed by atoms with Crippen LogP contribution in [0, 0.1) is 0 Å². The van der Waals surface area contributed by atoms with Gasteiger partial charge in [0.15, 0.2) is 5.17 Å². The van der Waals surface area contributed by atoms with Crippen molar-refractivity contribution in [1.29, 1.82) is 0 Å². The van der Waals surface area contributed by atoms with E-state index in [0.717, 1.165) is 40.9 Å². The summed E-state index contributed by atoms with van der Waals surface area (Å²) in [6.07, 6.45) is 4.25. The van der Waals surface area contributed by atoms with Crippen LogP contribution in [0.4, 0.5) is 0 Å². The Labute approximate surface area is 131 Å². The number of halogens is 1. The van der Waals surface area contributed by atoms with Crippen molar-refractivity contribution in [2.45, 2.75) is 43.4 Å². The van der Waals surface area contributed by atoms with Crippen LogP contribution < -0.4 is 5.32 Å². The zero-order valence-corrected chi connectivity index (χ0v) is 13.8. The van der Waals surface area contributed by atoms with Crippen LogP contribution in [-0.4, -0.2) is 15.8 Å². The molecule has 2 aliphatic rings. The molecule has 0 bridgehead atoms. The van der Waals surface area contributed by atoms with Crippen molar-refractivity contribution < 1.29 is 4.79 Å². The molecule has 1 saturated carbocycles. The molecular formula is C15H17BrN2OS. The van der Waals surface area contributed by atoms with Gasteiger partial charge in [0.2, 0.25) is 5.91 Å². The van der Waals surface area contributed by atoms with Crippen LogP contribution in [0.3, 0.4) is 0 Å². The van der Waals surface area contributed by atoms with Crippen LogP contribution in [0.5, 0.6) is 0 Å². The van der Waals surface area contributed by atoms with E-state index in [1.54, 1.807) is 11.8 Å². The molecule has 1 atom stereocenters. The number of nitrogens with one attached hydrogen (secondary N) is 1. The second-order valence-corrected chi connectivity index (χ2v) is 7.62. The molecule has 1 aromatic carbocycles. The largest absolute Gasteiger partial charge is 0.304 e. The molecular weight excluding hydrogens is 336 g/mol. The van der Waals surface area contributed by atoms with E-state index < -0.39 is 0 Å². The lowest BCUT2D eigenvalue weighted by Gasteiger charge is -2.15. The maximum absolute atomic E-state index is 12.2. The average molecular weight is 353 g/mol. The molecule has 3 rings (SSSR count). The summed E-state index contributed by atoms with van der Waals surface area (Å²) >= 11 is 5.19. The lowest BCUT2D eigenvalue weighted by atomic mass is 10.1. The van der Waals surface area contributed by atoms with Gasteiger partial charge in [-0.15, -0.1) is 0 Å². The fourth-order valence-corrected chi connectivity index (χ4v) is 4.84. The first-order valence-electron chi connectivity index (χ1n) is 6.93. The summed E-state index contributed by atoms with van der Waals surface area (Å²) in [6, 6.07) is 8.11. The van der Waals surface area contributed by atoms with Crippen LogP contribution in [0.15, 0.2) is 33.7 Å². The Kier molecular flexibility index (Phi) is 3.91. The third-order valence-electron chi connectivity index (χ3n) is 4.00. The third kappa shape index (κ3) is 2.53. The van der Waals surface area contributed by atoms with Gasteiger partial charge in [-0.05, 0) is 31.4 Å². The highest BCUT2D eigenvalue weighted by molar-refractivity contribution is 9.10. The van der Waals surface area contributed by atoms with Crippen LogP contribution in [-0.2, 0) is 4.79 Å². The van der Waals surface area contributed by atoms with Crippen molar-refractivity contribution in [3.63, 3.8) is 0 Å². The van der Waals surface area contributed by atoms with Gasteiger partial charge in [0, 0.05) is 4.47 Å². The van der Waals surface area contributed by atoms with Gasteiger partial charge in [-0.25, -0.2) is 0 Å². The molecule has 1 heterocycles. The van der Waals surface area contributed by atoms with Gasteiger partial charge in [0.05, 0.1) is 6.04 Å². The fourth-order valence-electron chi connectivity index (χ4n) is 2.86. The normalized spacial score (nSPS) is 24.3. The Hall–Kier alpha value is -0.810. The van der Waals surface area contributed by atoms with Crippen LogP contribution >= 0.6 is 27.7 Å². The highest BCUT2D eigenvalue weighted by atomic mass is 79.9. The molecule has 1 saturated heterocycles. The van der Waals surface area contributed by atoms with Crippen molar-refractivity contribution in [3.05, 3.63) is 34.3 Å². The first kappa shape index (κ1) is 14.1. The summed E-state index contributed by atoms with van der Waals surface area (Å²) in [5.74, 6) is 0.151. The minimum absolute atomic E-state index is 0.0323. The number of aliphatic imine (C=N–C) groups is 1. The number of carbonyl (C=O) groups is 1. The standard InChI is InChI=1S/C15H17BrN2OS/c1-10(11-6-2-3-7-12(11)16)17-14-18-13(19)15(20-14)8-4-5-9-15/h2-3,6-7,10H,4-5,8-9H2,1H3,(H,17,18,19)/t10-/m0/s1. The van der Waals surface area contributed by atoms with E-state index in [2.05, 4.69) is 34.2 Å². The number of nitrogens with zero attached hydrogens (tertiary/aromatic N) is 1. The van der Waals surface area contributed by atoms with Gasteiger partial charge in [0.1, 0.15) is 4.75 Å².